The van der Waals surface area contributed by atoms with Gasteiger partial charge in [-0.15, -0.1) is 0 Å². The summed E-state index contributed by atoms with van der Waals surface area (Å²) in [6, 6.07) is 7.63. The van der Waals surface area contributed by atoms with Crippen molar-refractivity contribution < 1.29 is 0 Å². The van der Waals surface area contributed by atoms with Gasteiger partial charge in [0.15, 0.2) is 0 Å². The van der Waals surface area contributed by atoms with Crippen molar-refractivity contribution in [2.45, 2.75) is 13.3 Å². The lowest BCUT2D eigenvalue weighted by molar-refractivity contribution is 1.05. The van der Waals surface area contributed by atoms with Crippen LogP contribution in [0.2, 0.25) is 0 Å². The summed E-state index contributed by atoms with van der Waals surface area (Å²) in [6.45, 7) is 2.04. The second kappa shape index (κ2) is 6.35. The monoisotopic (exact) mass is 331 g/mol. The highest BCUT2D eigenvalue weighted by Crippen LogP contribution is 2.27. The van der Waals surface area contributed by atoms with Gasteiger partial charge in [-0.1, -0.05) is 22.9 Å². The third-order valence-corrected chi connectivity index (χ3v) is 3.38. The van der Waals surface area contributed by atoms with Crippen molar-refractivity contribution in [3.8, 4) is 6.07 Å². The number of halogens is 1. The first kappa shape index (κ1) is 14.3. The smallest absolute Gasteiger partial charge is 0.139 e. The van der Waals surface area contributed by atoms with Crippen LogP contribution in [0.25, 0.3) is 0 Å². The molecule has 1 aromatic carbocycles. The Morgan fingerprint density at radius 3 is 2.70 bits per heavy atom. The van der Waals surface area contributed by atoms with Crippen molar-refractivity contribution in [2.75, 3.05) is 17.7 Å². The fraction of sp³-hybridized carbons (Fsp3) is 0.214. The Balaban J connectivity index is 2.45. The predicted octanol–water partition coefficient (Wildman–Crippen LogP) is 3.46. The summed E-state index contributed by atoms with van der Waals surface area (Å²) in [5, 5.41) is 15.4. The summed E-state index contributed by atoms with van der Waals surface area (Å²) in [4.78, 5) is 8.47. The van der Waals surface area contributed by atoms with Crippen LogP contribution in [0.15, 0.2) is 29.0 Å². The molecular formula is C14H14BrN5. The van der Waals surface area contributed by atoms with Crippen molar-refractivity contribution in [1.29, 1.82) is 5.26 Å². The van der Waals surface area contributed by atoms with Gasteiger partial charge in [0, 0.05) is 17.1 Å². The second-order valence-corrected chi connectivity index (χ2v) is 5.00. The molecule has 2 rings (SSSR count). The molecule has 0 aliphatic rings. The molecule has 0 spiro atoms. The maximum absolute atomic E-state index is 9.16. The van der Waals surface area contributed by atoms with E-state index in [9.17, 15) is 0 Å². The zero-order chi connectivity index (χ0) is 14.5. The largest absolute Gasteiger partial charge is 0.373 e. The topological polar surface area (TPSA) is 73.6 Å². The Labute approximate surface area is 126 Å². The normalized spacial score (nSPS) is 9.90. The lowest BCUT2D eigenvalue weighted by Crippen LogP contribution is -2.05. The minimum atomic E-state index is 0.569. The van der Waals surface area contributed by atoms with Gasteiger partial charge in [-0.3, -0.25) is 0 Å². The van der Waals surface area contributed by atoms with Crippen LogP contribution in [0.1, 0.15) is 18.1 Å². The first-order chi connectivity index (χ1) is 9.69. The highest BCUT2D eigenvalue weighted by Gasteiger charge is 2.11. The molecule has 5 nitrogen and oxygen atoms in total. The Morgan fingerprint density at radius 1 is 1.30 bits per heavy atom. The molecule has 0 fully saturated rings. The minimum absolute atomic E-state index is 0.569. The SMILES string of the molecule is CCc1c(NC)ncnc1Nc1cc(Br)ccc1C#N. The summed E-state index contributed by atoms with van der Waals surface area (Å²) in [6.07, 6.45) is 2.28. The highest BCUT2D eigenvalue weighted by atomic mass is 79.9. The summed E-state index contributed by atoms with van der Waals surface area (Å²) in [7, 11) is 1.82. The number of nitrogens with zero attached hydrogens (tertiary/aromatic N) is 3. The number of nitrogens with one attached hydrogen (secondary N) is 2. The van der Waals surface area contributed by atoms with E-state index in [0.29, 0.717) is 11.4 Å². The van der Waals surface area contributed by atoms with Gasteiger partial charge in [0.1, 0.15) is 24.0 Å². The van der Waals surface area contributed by atoms with Crippen molar-refractivity contribution in [3.63, 3.8) is 0 Å². The average Bonchev–Trinajstić information content (AvgIpc) is 2.47. The van der Waals surface area contributed by atoms with Crippen LogP contribution in [0, 0.1) is 11.3 Å². The van der Waals surface area contributed by atoms with E-state index >= 15 is 0 Å². The number of hydrogen-bond acceptors (Lipinski definition) is 5. The molecule has 0 unspecified atom stereocenters. The van der Waals surface area contributed by atoms with Crippen LogP contribution >= 0.6 is 15.9 Å². The van der Waals surface area contributed by atoms with Gasteiger partial charge < -0.3 is 10.6 Å². The van der Waals surface area contributed by atoms with E-state index < -0.39 is 0 Å². The molecule has 6 heteroatoms. The van der Waals surface area contributed by atoms with Crippen LogP contribution < -0.4 is 10.6 Å². The Kier molecular flexibility index (Phi) is 4.53. The van der Waals surface area contributed by atoms with E-state index in [0.717, 1.165) is 28.0 Å². The average molecular weight is 332 g/mol. The maximum atomic E-state index is 9.16. The molecular weight excluding hydrogens is 318 g/mol. The Bertz CT molecular complexity index is 663. The molecule has 0 saturated carbocycles. The number of hydrogen-bond donors (Lipinski definition) is 2. The number of anilines is 3. The van der Waals surface area contributed by atoms with Crippen molar-refractivity contribution in [1.82, 2.24) is 9.97 Å². The lowest BCUT2D eigenvalue weighted by Gasteiger charge is -2.13. The van der Waals surface area contributed by atoms with Gasteiger partial charge in [0.25, 0.3) is 0 Å². The van der Waals surface area contributed by atoms with Crippen LogP contribution in [0.4, 0.5) is 17.3 Å². The van der Waals surface area contributed by atoms with Gasteiger partial charge in [0.05, 0.1) is 11.3 Å². The van der Waals surface area contributed by atoms with Gasteiger partial charge in [-0.05, 0) is 24.6 Å². The van der Waals surface area contributed by atoms with Gasteiger partial charge >= 0.3 is 0 Å². The molecule has 1 heterocycles. The standard InChI is InChI=1S/C14H14BrN5/c1-3-11-13(17-2)18-8-19-14(11)20-12-6-10(15)5-4-9(12)7-16/h4-6,8H,3H2,1-2H3,(H2,17,18,19,20). The van der Waals surface area contributed by atoms with Crippen LogP contribution in [0.5, 0.6) is 0 Å². The zero-order valence-corrected chi connectivity index (χ0v) is 12.8. The lowest BCUT2D eigenvalue weighted by atomic mass is 10.1. The van der Waals surface area contributed by atoms with E-state index in [2.05, 4.69) is 42.6 Å². The van der Waals surface area contributed by atoms with Crippen LogP contribution in [-0.2, 0) is 6.42 Å². The molecule has 0 radical (unpaired) electrons. The maximum Gasteiger partial charge on any atom is 0.139 e. The highest BCUT2D eigenvalue weighted by molar-refractivity contribution is 9.10. The first-order valence-electron chi connectivity index (χ1n) is 6.17. The zero-order valence-electron chi connectivity index (χ0n) is 11.2. The number of nitriles is 1. The molecule has 0 saturated heterocycles. The van der Waals surface area contributed by atoms with E-state index in [4.69, 9.17) is 5.26 Å². The molecule has 20 heavy (non-hydrogen) atoms. The molecule has 0 aliphatic heterocycles. The van der Waals surface area contributed by atoms with E-state index in [1.54, 1.807) is 6.07 Å². The quantitative estimate of drug-likeness (QED) is 0.897. The predicted molar refractivity (Wildman–Crippen MR) is 83.1 cm³/mol. The Morgan fingerprint density at radius 2 is 2.05 bits per heavy atom. The number of benzene rings is 1. The summed E-state index contributed by atoms with van der Waals surface area (Å²) in [5.74, 6) is 1.50. The van der Waals surface area contributed by atoms with Crippen LogP contribution in [-0.4, -0.2) is 17.0 Å². The second-order valence-electron chi connectivity index (χ2n) is 4.08. The number of rotatable bonds is 4. The third-order valence-electron chi connectivity index (χ3n) is 2.89. The molecule has 0 bridgehead atoms. The minimum Gasteiger partial charge on any atom is -0.373 e. The van der Waals surface area contributed by atoms with Crippen LogP contribution in [0.3, 0.4) is 0 Å². The molecule has 0 atom stereocenters. The van der Waals surface area contributed by atoms with Gasteiger partial charge in [0.2, 0.25) is 0 Å². The molecule has 0 aliphatic carbocycles. The number of aromatic nitrogens is 2. The van der Waals surface area contributed by atoms with Gasteiger partial charge in [-0.2, -0.15) is 5.26 Å². The molecule has 102 valence electrons. The Hall–Kier alpha value is -2.13. The molecule has 2 aromatic rings. The summed E-state index contributed by atoms with van der Waals surface area (Å²) in [5.41, 5.74) is 2.27. The fourth-order valence-corrected chi connectivity index (χ4v) is 2.28. The molecule has 0 amide bonds. The van der Waals surface area contributed by atoms with E-state index in [1.807, 2.05) is 26.1 Å². The third kappa shape index (κ3) is 2.89. The molecule has 1 aromatic heterocycles. The van der Waals surface area contributed by atoms with Crippen molar-refractivity contribution in [3.05, 3.63) is 40.1 Å². The van der Waals surface area contributed by atoms with E-state index in [-0.39, 0.29) is 0 Å². The fourth-order valence-electron chi connectivity index (χ4n) is 1.92. The van der Waals surface area contributed by atoms with Crippen molar-refractivity contribution >= 4 is 33.3 Å². The van der Waals surface area contributed by atoms with E-state index in [1.165, 1.54) is 6.33 Å². The van der Waals surface area contributed by atoms with Crippen molar-refractivity contribution in [2.24, 2.45) is 0 Å². The van der Waals surface area contributed by atoms with Gasteiger partial charge in [-0.25, -0.2) is 9.97 Å². The summed E-state index contributed by atoms with van der Waals surface area (Å²) >= 11 is 3.41. The molecule has 2 N–H and O–H groups in total. The first-order valence-corrected chi connectivity index (χ1v) is 6.97. The summed E-state index contributed by atoms with van der Waals surface area (Å²) < 4.78 is 0.903.